The van der Waals surface area contributed by atoms with Crippen LogP contribution in [0.2, 0.25) is 0 Å². The van der Waals surface area contributed by atoms with Crippen LogP contribution in [0.3, 0.4) is 0 Å². The zero-order valence-electron chi connectivity index (χ0n) is 12.9. The minimum absolute atomic E-state index is 0.270. The second kappa shape index (κ2) is 8.27. The number of nitrogens with two attached hydrogens (primary N) is 1. The van der Waals surface area contributed by atoms with Crippen LogP contribution >= 0.6 is 15.9 Å². The molecule has 0 aliphatic carbocycles. The molecule has 120 valence electrons. The topological polar surface area (TPSA) is 72.2 Å². The van der Waals surface area contributed by atoms with Gasteiger partial charge in [0.15, 0.2) is 0 Å². The van der Waals surface area contributed by atoms with E-state index in [1.165, 1.54) is 0 Å². The van der Waals surface area contributed by atoms with Gasteiger partial charge in [-0.15, -0.1) is 0 Å². The molecule has 0 spiro atoms. The first-order chi connectivity index (χ1) is 9.77. The molecule has 1 aromatic carbocycles. The summed E-state index contributed by atoms with van der Waals surface area (Å²) in [5, 5.41) is 0. The first-order valence-corrected chi connectivity index (χ1v) is 9.54. The lowest BCUT2D eigenvalue weighted by Gasteiger charge is -2.12. The fourth-order valence-corrected chi connectivity index (χ4v) is 4.22. The Hall–Kier alpha value is -0.430. The highest BCUT2D eigenvalue weighted by Gasteiger charge is 2.19. The number of hydrogen-bond acceptors (Lipinski definition) is 3. The molecule has 0 fully saturated rings. The molecule has 0 aliphatic heterocycles. The van der Waals surface area contributed by atoms with Gasteiger partial charge in [-0.05, 0) is 52.4 Å². The fourth-order valence-electron chi connectivity index (χ4n) is 2.08. The number of hydrogen-bond donors (Lipinski definition) is 2. The van der Waals surface area contributed by atoms with Gasteiger partial charge in [-0.2, -0.15) is 0 Å². The number of unbranched alkanes of at least 4 members (excludes halogenated alkanes) is 1. The molecule has 0 aromatic heterocycles. The van der Waals surface area contributed by atoms with Gasteiger partial charge >= 0.3 is 0 Å². The molecule has 4 nitrogen and oxygen atoms in total. The average Bonchev–Trinajstić information content (AvgIpc) is 2.40. The van der Waals surface area contributed by atoms with Crippen molar-refractivity contribution in [1.82, 2.24) is 4.72 Å². The Balaban J connectivity index is 2.76. The summed E-state index contributed by atoms with van der Waals surface area (Å²) in [4.78, 5) is 0.270. The summed E-state index contributed by atoms with van der Waals surface area (Å²) in [7, 11) is -3.50. The highest BCUT2D eigenvalue weighted by Crippen LogP contribution is 2.27. The molecule has 21 heavy (non-hydrogen) atoms. The Morgan fingerprint density at radius 3 is 2.52 bits per heavy atom. The zero-order valence-corrected chi connectivity index (χ0v) is 15.4. The van der Waals surface area contributed by atoms with Crippen LogP contribution in [0.25, 0.3) is 0 Å². The summed E-state index contributed by atoms with van der Waals surface area (Å²) >= 11 is 3.36. The third kappa shape index (κ3) is 5.70. The van der Waals surface area contributed by atoms with E-state index in [1.54, 1.807) is 6.07 Å². The largest absolute Gasteiger partial charge is 0.326 e. The first-order valence-electron chi connectivity index (χ1n) is 7.26. The van der Waals surface area contributed by atoms with Crippen molar-refractivity contribution < 1.29 is 8.42 Å². The minimum Gasteiger partial charge on any atom is -0.326 e. The Kier molecular flexibility index (Phi) is 7.33. The molecule has 0 unspecified atom stereocenters. The van der Waals surface area contributed by atoms with Crippen LogP contribution in [0.1, 0.15) is 44.2 Å². The maximum absolute atomic E-state index is 12.4. The van der Waals surface area contributed by atoms with E-state index in [1.807, 2.05) is 13.0 Å². The van der Waals surface area contributed by atoms with Crippen LogP contribution in [0, 0.1) is 12.8 Å². The van der Waals surface area contributed by atoms with Crippen molar-refractivity contribution in [2.24, 2.45) is 11.7 Å². The molecule has 0 radical (unpaired) electrons. The lowest BCUT2D eigenvalue weighted by atomic mass is 10.1. The van der Waals surface area contributed by atoms with Gasteiger partial charge in [-0.1, -0.05) is 32.8 Å². The summed E-state index contributed by atoms with van der Waals surface area (Å²) in [6.45, 7) is 6.99. The third-order valence-corrected chi connectivity index (χ3v) is 6.11. The highest BCUT2D eigenvalue weighted by molar-refractivity contribution is 9.10. The monoisotopic (exact) mass is 376 g/mol. The van der Waals surface area contributed by atoms with Gasteiger partial charge in [0, 0.05) is 17.6 Å². The average molecular weight is 377 g/mol. The molecule has 3 N–H and O–H groups in total. The quantitative estimate of drug-likeness (QED) is 0.683. The van der Waals surface area contributed by atoms with Gasteiger partial charge < -0.3 is 5.73 Å². The number of nitrogens with one attached hydrogen (secondary N) is 1. The van der Waals surface area contributed by atoms with E-state index in [0.29, 0.717) is 23.5 Å². The molecule has 1 aromatic rings. The second-order valence-corrected chi connectivity index (χ2v) is 8.24. The second-order valence-electron chi connectivity index (χ2n) is 5.72. The summed E-state index contributed by atoms with van der Waals surface area (Å²) in [6.07, 6.45) is 3.00. The maximum atomic E-state index is 12.4. The molecule has 1 rings (SSSR count). The standard InChI is InChI=1S/C15H25BrN2O2S/c1-11(2)6-4-5-7-18-21(19,20)14-9-13(10-17)8-12(3)15(14)16/h8-9,11,18H,4-7,10,17H2,1-3H3. The number of aryl methyl sites for hydroxylation is 1. The molecular formula is C15H25BrN2O2S. The predicted molar refractivity (Wildman–Crippen MR) is 90.6 cm³/mol. The maximum Gasteiger partial charge on any atom is 0.241 e. The highest BCUT2D eigenvalue weighted by atomic mass is 79.9. The summed E-state index contributed by atoms with van der Waals surface area (Å²) in [5.41, 5.74) is 7.31. The van der Waals surface area contributed by atoms with Crippen molar-refractivity contribution in [2.45, 2.75) is 51.5 Å². The summed E-state index contributed by atoms with van der Waals surface area (Å²) in [6, 6.07) is 3.53. The molecule has 6 heteroatoms. The lowest BCUT2D eigenvalue weighted by Crippen LogP contribution is -2.25. The van der Waals surface area contributed by atoms with Crippen molar-refractivity contribution >= 4 is 26.0 Å². The lowest BCUT2D eigenvalue weighted by molar-refractivity contribution is 0.530. The number of halogens is 1. The van der Waals surface area contributed by atoms with E-state index in [-0.39, 0.29) is 4.90 Å². The fraction of sp³-hybridized carbons (Fsp3) is 0.600. The molecule has 0 amide bonds. The molecule has 0 saturated carbocycles. The SMILES string of the molecule is Cc1cc(CN)cc(S(=O)(=O)NCCCCC(C)C)c1Br. The van der Waals surface area contributed by atoms with Crippen LogP contribution in [0.4, 0.5) is 0 Å². The van der Waals surface area contributed by atoms with Gasteiger partial charge in [0.2, 0.25) is 10.0 Å². The number of sulfonamides is 1. The Morgan fingerprint density at radius 2 is 1.95 bits per heavy atom. The van der Waals surface area contributed by atoms with E-state index in [4.69, 9.17) is 5.73 Å². The van der Waals surface area contributed by atoms with E-state index in [2.05, 4.69) is 34.5 Å². The molecule has 0 bridgehead atoms. The summed E-state index contributed by atoms with van der Waals surface area (Å²) < 4.78 is 28.1. The van der Waals surface area contributed by atoms with E-state index in [0.717, 1.165) is 30.4 Å². The normalized spacial score (nSPS) is 12.1. The molecular weight excluding hydrogens is 352 g/mol. The van der Waals surface area contributed by atoms with Crippen molar-refractivity contribution in [3.8, 4) is 0 Å². The van der Waals surface area contributed by atoms with Gasteiger partial charge in [-0.3, -0.25) is 0 Å². The van der Waals surface area contributed by atoms with E-state index < -0.39 is 10.0 Å². The smallest absolute Gasteiger partial charge is 0.241 e. The van der Waals surface area contributed by atoms with Gasteiger partial charge in [-0.25, -0.2) is 13.1 Å². The Morgan fingerprint density at radius 1 is 1.29 bits per heavy atom. The Bertz CT molecular complexity index is 571. The van der Waals surface area contributed by atoms with Crippen LogP contribution in [0.15, 0.2) is 21.5 Å². The van der Waals surface area contributed by atoms with Gasteiger partial charge in [0.05, 0.1) is 4.90 Å². The van der Waals surface area contributed by atoms with Crippen molar-refractivity contribution in [3.05, 3.63) is 27.7 Å². The van der Waals surface area contributed by atoms with E-state index >= 15 is 0 Å². The zero-order chi connectivity index (χ0) is 16.0. The summed E-state index contributed by atoms with van der Waals surface area (Å²) in [5.74, 6) is 0.652. The van der Waals surface area contributed by atoms with Crippen LogP contribution in [-0.2, 0) is 16.6 Å². The minimum atomic E-state index is -3.50. The number of rotatable bonds is 8. The molecule has 0 atom stereocenters. The molecule has 0 heterocycles. The van der Waals surface area contributed by atoms with Crippen molar-refractivity contribution in [3.63, 3.8) is 0 Å². The van der Waals surface area contributed by atoms with Crippen LogP contribution in [-0.4, -0.2) is 15.0 Å². The van der Waals surface area contributed by atoms with Crippen LogP contribution in [0.5, 0.6) is 0 Å². The van der Waals surface area contributed by atoms with Gasteiger partial charge in [0.25, 0.3) is 0 Å². The molecule has 0 aliphatic rings. The third-order valence-electron chi connectivity index (χ3n) is 3.31. The molecule has 0 saturated heterocycles. The van der Waals surface area contributed by atoms with Crippen molar-refractivity contribution in [2.75, 3.05) is 6.54 Å². The van der Waals surface area contributed by atoms with E-state index in [9.17, 15) is 8.42 Å². The van der Waals surface area contributed by atoms with Crippen molar-refractivity contribution in [1.29, 1.82) is 0 Å². The van der Waals surface area contributed by atoms with Gasteiger partial charge in [0.1, 0.15) is 0 Å². The van der Waals surface area contributed by atoms with Crippen LogP contribution < -0.4 is 10.5 Å². The first kappa shape index (κ1) is 18.6. The predicted octanol–water partition coefficient (Wildman–Crippen LogP) is 3.32. The number of benzene rings is 1. The Labute approximate surface area is 136 Å².